The second kappa shape index (κ2) is 7.63. The van der Waals surface area contributed by atoms with Crippen LogP contribution in [-0.4, -0.2) is 50.8 Å². The average molecular weight is 229 g/mol. The van der Waals surface area contributed by atoms with Crippen molar-refractivity contribution in [3.63, 3.8) is 0 Å². The lowest BCUT2D eigenvalue weighted by Gasteiger charge is -2.33. The van der Waals surface area contributed by atoms with Crippen molar-refractivity contribution in [2.45, 2.75) is 38.1 Å². The molecule has 16 heavy (non-hydrogen) atoms. The molecule has 0 unspecified atom stereocenters. The second-order valence-electron chi connectivity index (χ2n) is 4.27. The third kappa shape index (κ3) is 4.10. The molecule has 0 aromatic carbocycles. The summed E-state index contributed by atoms with van der Waals surface area (Å²) in [5, 5.41) is 0. The number of hydrogen-bond donors (Lipinski definition) is 0. The molecule has 0 aromatic rings. The van der Waals surface area contributed by atoms with Gasteiger partial charge in [0.05, 0.1) is 7.11 Å². The van der Waals surface area contributed by atoms with Crippen molar-refractivity contribution in [1.82, 2.24) is 4.90 Å². The number of methoxy groups -OCH3 is 2. The molecular weight excluding hydrogens is 206 g/mol. The zero-order chi connectivity index (χ0) is 11.8. The lowest BCUT2D eigenvalue weighted by Crippen LogP contribution is -2.45. The molecule has 1 aliphatic rings. The molecule has 1 atom stereocenters. The van der Waals surface area contributed by atoms with E-state index in [2.05, 4.69) is 4.90 Å². The van der Waals surface area contributed by atoms with E-state index >= 15 is 0 Å². The standard InChI is InChI=1S/C12H23NO3/c1-15-10-6-5-9-13-8-4-3-7-11(13)12(14)16-2/h11H,3-10H2,1-2H3/t11-/m1/s1. The Labute approximate surface area is 97.9 Å². The van der Waals surface area contributed by atoms with Gasteiger partial charge in [-0.05, 0) is 38.8 Å². The van der Waals surface area contributed by atoms with Gasteiger partial charge in [0.15, 0.2) is 0 Å². The quantitative estimate of drug-likeness (QED) is 0.510. The molecule has 1 aliphatic heterocycles. The Morgan fingerprint density at radius 1 is 1.31 bits per heavy atom. The molecule has 0 radical (unpaired) electrons. The van der Waals surface area contributed by atoms with Crippen molar-refractivity contribution in [1.29, 1.82) is 0 Å². The van der Waals surface area contributed by atoms with Gasteiger partial charge in [0, 0.05) is 13.7 Å². The SMILES string of the molecule is COCCCCN1CCCC[C@@H]1C(=O)OC. The van der Waals surface area contributed by atoms with E-state index in [1.165, 1.54) is 13.5 Å². The summed E-state index contributed by atoms with van der Waals surface area (Å²) in [5.41, 5.74) is 0. The molecule has 1 fully saturated rings. The third-order valence-electron chi connectivity index (χ3n) is 3.13. The van der Waals surface area contributed by atoms with E-state index in [-0.39, 0.29) is 12.0 Å². The molecule has 4 nitrogen and oxygen atoms in total. The number of ether oxygens (including phenoxy) is 2. The van der Waals surface area contributed by atoms with Gasteiger partial charge in [-0.1, -0.05) is 6.42 Å². The van der Waals surface area contributed by atoms with Crippen molar-refractivity contribution in [3.8, 4) is 0 Å². The lowest BCUT2D eigenvalue weighted by molar-refractivity contribution is -0.148. The minimum atomic E-state index is -0.0774. The molecule has 0 aliphatic carbocycles. The van der Waals surface area contributed by atoms with Gasteiger partial charge in [-0.25, -0.2) is 0 Å². The highest BCUT2D eigenvalue weighted by atomic mass is 16.5. The van der Waals surface area contributed by atoms with E-state index in [9.17, 15) is 4.79 Å². The molecule has 0 spiro atoms. The zero-order valence-corrected chi connectivity index (χ0v) is 10.4. The van der Waals surface area contributed by atoms with E-state index in [0.29, 0.717) is 0 Å². The van der Waals surface area contributed by atoms with Gasteiger partial charge < -0.3 is 9.47 Å². The Kier molecular flexibility index (Phi) is 6.42. The van der Waals surface area contributed by atoms with Crippen molar-refractivity contribution in [2.24, 2.45) is 0 Å². The van der Waals surface area contributed by atoms with Crippen LogP contribution in [0.1, 0.15) is 32.1 Å². The first-order chi connectivity index (χ1) is 7.79. The fraction of sp³-hybridized carbons (Fsp3) is 0.917. The minimum absolute atomic E-state index is 0.0127. The van der Waals surface area contributed by atoms with Crippen LogP contribution < -0.4 is 0 Å². The molecule has 0 amide bonds. The summed E-state index contributed by atoms with van der Waals surface area (Å²) in [6, 6.07) is -0.0127. The summed E-state index contributed by atoms with van der Waals surface area (Å²) >= 11 is 0. The Balaban J connectivity index is 2.32. The van der Waals surface area contributed by atoms with Gasteiger partial charge in [-0.15, -0.1) is 0 Å². The molecule has 0 N–H and O–H groups in total. The predicted molar refractivity (Wildman–Crippen MR) is 62.3 cm³/mol. The van der Waals surface area contributed by atoms with Crippen molar-refractivity contribution >= 4 is 5.97 Å². The van der Waals surface area contributed by atoms with E-state index < -0.39 is 0 Å². The first-order valence-electron chi connectivity index (χ1n) is 6.10. The van der Waals surface area contributed by atoms with Crippen LogP contribution >= 0.6 is 0 Å². The number of piperidine rings is 1. The first-order valence-corrected chi connectivity index (χ1v) is 6.10. The van der Waals surface area contributed by atoms with Crippen LogP contribution in [-0.2, 0) is 14.3 Å². The van der Waals surface area contributed by atoms with Crippen LogP contribution in [0.25, 0.3) is 0 Å². The molecule has 1 saturated heterocycles. The first kappa shape index (κ1) is 13.5. The Hall–Kier alpha value is -0.610. The number of likely N-dealkylation sites (tertiary alicyclic amines) is 1. The summed E-state index contributed by atoms with van der Waals surface area (Å²) in [5.74, 6) is -0.0774. The van der Waals surface area contributed by atoms with Gasteiger partial charge in [0.1, 0.15) is 6.04 Å². The number of carbonyl (C=O) groups is 1. The Bertz CT molecular complexity index is 208. The predicted octanol–water partition coefficient (Wildman–Crippen LogP) is 1.44. The maximum atomic E-state index is 11.6. The number of unbranched alkanes of at least 4 members (excludes halogenated alkanes) is 1. The normalized spacial score (nSPS) is 22.0. The molecular formula is C12H23NO3. The fourth-order valence-electron chi connectivity index (χ4n) is 2.22. The number of hydrogen-bond acceptors (Lipinski definition) is 4. The highest BCUT2D eigenvalue weighted by Crippen LogP contribution is 2.18. The third-order valence-corrected chi connectivity index (χ3v) is 3.13. The van der Waals surface area contributed by atoms with Crippen LogP contribution in [0, 0.1) is 0 Å². The van der Waals surface area contributed by atoms with Gasteiger partial charge in [0.25, 0.3) is 0 Å². The molecule has 0 saturated carbocycles. The fourth-order valence-corrected chi connectivity index (χ4v) is 2.22. The topological polar surface area (TPSA) is 38.8 Å². The number of esters is 1. The van der Waals surface area contributed by atoms with E-state index in [0.717, 1.165) is 45.4 Å². The van der Waals surface area contributed by atoms with E-state index in [4.69, 9.17) is 9.47 Å². The summed E-state index contributed by atoms with van der Waals surface area (Å²) in [7, 11) is 3.19. The molecule has 94 valence electrons. The lowest BCUT2D eigenvalue weighted by atomic mass is 10.0. The molecule has 1 rings (SSSR count). The van der Waals surface area contributed by atoms with E-state index in [1.54, 1.807) is 7.11 Å². The van der Waals surface area contributed by atoms with Crippen LogP contribution in [0.4, 0.5) is 0 Å². The van der Waals surface area contributed by atoms with Crippen molar-refractivity contribution in [2.75, 3.05) is 33.9 Å². The summed E-state index contributed by atoms with van der Waals surface area (Å²) < 4.78 is 9.86. The summed E-state index contributed by atoms with van der Waals surface area (Å²) in [4.78, 5) is 13.8. The monoisotopic (exact) mass is 229 g/mol. The van der Waals surface area contributed by atoms with Crippen LogP contribution in [0.3, 0.4) is 0 Å². The van der Waals surface area contributed by atoms with E-state index in [1.807, 2.05) is 0 Å². The Morgan fingerprint density at radius 2 is 2.12 bits per heavy atom. The number of rotatable bonds is 6. The molecule has 1 heterocycles. The largest absolute Gasteiger partial charge is 0.468 e. The molecule has 0 aromatic heterocycles. The van der Waals surface area contributed by atoms with Crippen molar-refractivity contribution in [3.05, 3.63) is 0 Å². The molecule has 4 heteroatoms. The number of carbonyl (C=O) groups excluding carboxylic acids is 1. The minimum Gasteiger partial charge on any atom is -0.468 e. The Morgan fingerprint density at radius 3 is 2.81 bits per heavy atom. The zero-order valence-electron chi connectivity index (χ0n) is 10.4. The summed E-state index contributed by atoms with van der Waals surface area (Å²) in [6.07, 6.45) is 5.41. The van der Waals surface area contributed by atoms with Crippen LogP contribution in [0.15, 0.2) is 0 Å². The second-order valence-corrected chi connectivity index (χ2v) is 4.27. The number of nitrogens with zero attached hydrogens (tertiary/aromatic N) is 1. The van der Waals surface area contributed by atoms with Crippen LogP contribution in [0.5, 0.6) is 0 Å². The smallest absolute Gasteiger partial charge is 0.323 e. The summed E-state index contributed by atoms with van der Waals surface area (Å²) in [6.45, 7) is 2.80. The maximum absolute atomic E-state index is 11.6. The van der Waals surface area contributed by atoms with Gasteiger partial charge >= 0.3 is 5.97 Å². The van der Waals surface area contributed by atoms with Crippen LogP contribution in [0.2, 0.25) is 0 Å². The van der Waals surface area contributed by atoms with Gasteiger partial charge in [0.2, 0.25) is 0 Å². The highest BCUT2D eigenvalue weighted by Gasteiger charge is 2.28. The maximum Gasteiger partial charge on any atom is 0.323 e. The molecule has 0 bridgehead atoms. The average Bonchev–Trinajstić information content (AvgIpc) is 2.34. The highest BCUT2D eigenvalue weighted by molar-refractivity contribution is 5.75. The van der Waals surface area contributed by atoms with Crippen molar-refractivity contribution < 1.29 is 14.3 Å². The van der Waals surface area contributed by atoms with Gasteiger partial charge in [-0.2, -0.15) is 0 Å². The van der Waals surface area contributed by atoms with Gasteiger partial charge in [-0.3, -0.25) is 9.69 Å².